The average molecular weight is 342 g/mol. The molecule has 3 aromatic rings. The van der Waals surface area contributed by atoms with Gasteiger partial charge in [-0.2, -0.15) is 0 Å². The minimum atomic E-state index is -0.245. The maximum Gasteiger partial charge on any atom is 0.264 e. The number of methoxy groups -OCH3 is 1. The van der Waals surface area contributed by atoms with Gasteiger partial charge in [0.15, 0.2) is 11.7 Å². The Labute approximate surface area is 144 Å². The molecule has 0 aliphatic rings. The molecule has 0 bridgehead atoms. The van der Waals surface area contributed by atoms with Crippen molar-refractivity contribution in [1.29, 1.82) is 0 Å². The van der Waals surface area contributed by atoms with E-state index in [1.165, 1.54) is 22.5 Å². The number of aromatic nitrogens is 1. The lowest BCUT2D eigenvalue weighted by Gasteiger charge is -2.07. The molecule has 0 saturated heterocycles. The van der Waals surface area contributed by atoms with Crippen molar-refractivity contribution in [1.82, 2.24) is 4.98 Å². The second kappa shape index (κ2) is 6.88. The van der Waals surface area contributed by atoms with Crippen LogP contribution in [0.4, 0.5) is 5.13 Å². The Hall–Kier alpha value is -2.60. The minimum Gasteiger partial charge on any atom is -0.497 e. The standard InChI is InChI=1S/C18H18N2O3S/c1-11-7-15-16(8-12(11)2)24-18(19-15)20-17(21)10-23-14-6-4-5-13(9-14)22-3/h4-9H,10H2,1-3H3,(H,19,20,21). The van der Waals surface area contributed by atoms with Crippen molar-refractivity contribution in [3.05, 3.63) is 47.5 Å². The largest absolute Gasteiger partial charge is 0.497 e. The van der Waals surface area contributed by atoms with Crippen LogP contribution in [0, 0.1) is 13.8 Å². The number of nitrogens with one attached hydrogen (secondary N) is 1. The fraction of sp³-hybridized carbons (Fsp3) is 0.222. The van der Waals surface area contributed by atoms with E-state index in [4.69, 9.17) is 9.47 Å². The highest BCUT2D eigenvalue weighted by Crippen LogP contribution is 2.28. The molecular formula is C18H18N2O3S. The van der Waals surface area contributed by atoms with E-state index in [2.05, 4.69) is 23.3 Å². The van der Waals surface area contributed by atoms with Crippen LogP contribution in [-0.4, -0.2) is 24.6 Å². The van der Waals surface area contributed by atoms with E-state index in [-0.39, 0.29) is 12.5 Å². The summed E-state index contributed by atoms with van der Waals surface area (Å²) in [6.45, 7) is 4.03. The van der Waals surface area contributed by atoms with Crippen molar-refractivity contribution in [3.63, 3.8) is 0 Å². The van der Waals surface area contributed by atoms with Crippen LogP contribution in [0.1, 0.15) is 11.1 Å². The second-order valence-electron chi connectivity index (χ2n) is 5.44. The van der Waals surface area contributed by atoms with Crippen LogP contribution in [0.15, 0.2) is 36.4 Å². The van der Waals surface area contributed by atoms with Crippen LogP contribution in [0.25, 0.3) is 10.2 Å². The Kier molecular flexibility index (Phi) is 4.66. The number of carbonyl (C=O) groups is 1. The number of nitrogens with zero attached hydrogens (tertiary/aromatic N) is 1. The normalized spacial score (nSPS) is 10.6. The first kappa shape index (κ1) is 16.3. The van der Waals surface area contributed by atoms with Gasteiger partial charge in [0, 0.05) is 6.07 Å². The first-order valence-electron chi connectivity index (χ1n) is 7.49. The molecule has 0 saturated carbocycles. The van der Waals surface area contributed by atoms with Gasteiger partial charge in [-0.15, -0.1) is 0 Å². The van der Waals surface area contributed by atoms with Crippen molar-refractivity contribution in [2.75, 3.05) is 19.0 Å². The van der Waals surface area contributed by atoms with Crippen molar-refractivity contribution < 1.29 is 14.3 Å². The Balaban J connectivity index is 1.64. The Morgan fingerprint density at radius 1 is 1.17 bits per heavy atom. The first-order chi connectivity index (χ1) is 11.5. The van der Waals surface area contributed by atoms with E-state index < -0.39 is 0 Å². The number of aryl methyl sites for hydroxylation is 2. The van der Waals surface area contributed by atoms with Crippen LogP contribution >= 0.6 is 11.3 Å². The third kappa shape index (κ3) is 3.65. The van der Waals surface area contributed by atoms with E-state index >= 15 is 0 Å². The molecule has 124 valence electrons. The lowest BCUT2D eigenvalue weighted by molar-refractivity contribution is -0.118. The van der Waals surface area contributed by atoms with Crippen LogP contribution in [0.2, 0.25) is 0 Å². The molecule has 1 amide bonds. The highest BCUT2D eigenvalue weighted by atomic mass is 32.1. The number of hydrogen-bond acceptors (Lipinski definition) is 5. The van der Waals surface area contributed by atoms with E-state index in [1.807, 2.05) is 25.1 Å². The number of hydrogen-bond donors (Lipinski definition) is 1. The maximum absolute atomic E-state index is 12.1. The topological polar surface area (TPSA) is 60.5 Å². The van der Waals surface area contributed by atoms with Gasteiger partial charge >= 0.3 is 0 Å². The van der Waals surface area contributed by atoms with Gasteiger partial charge in [0.2, 0.25) is 0 Å². The third-order valence-electron chi connectivity index (χ3n) is 3.66. The molecule has 0 unspecified atom stereocenters. The molecule has 1 N–H and O–H groups in total. The van der Waals surface area contributed by atoms with Crippen molar-refractivity contribution in [3.8, 4) is 11.5 Å². The number of amides is 1. The first-order valence-corrected chi connectivity index (χ1v) is 8.31. The fourth-order valence-corrected chi connectivity index (χ4v) is 3.19. The molecule has 1 heterocycles. The van der Waals surface area contributed by atoms with Crippen LogP contribution in [0.3, 0.4) is 0 Å². The van der Waals surface area contributed by atoms with Crippen LogP contribution < -0.4 is 14.8 Å². The predicted octanol–water partition coefficient (Wildman–Crippen LogP) is 3.94. The van der Waals surface area contributed by atoms with Gasteiger partial charge < -0.3 is 9.47 Å². The summed E-state index contributed by atoms with van der Waals surface area (Å²) in [6, 6.07) is 11.3. The van der Waals surface area contributed by atoms with Crippen molar-refractivity contribution in [2.24, 2.45) is 0 Å². The summed E-state index contributed by atoms with van der Waals surface area (Å²) < 4.78 is 11.7. The molecule has 0 radical (unpaired) electrons. The van der Waals surface area contributed by atoms with Gasteiger partial charge in [0.05, 0.1) is 17.3 Å². The van der Waals surface area contributed by atoms with Gasteiger partial charge in [0.1, 0.15) is 11.5 Å². The van der Waals surface area contributed by atoms with E-state index in [1.54, 1.807) is 19.2 Å². The molecule has 6 heteroatoms. The maximum atomic E-state index is 12.1. The van der Waals surface area contributed by atoms with Crippen LogP contribution in [0.5, 0.6) is 11.5 Å². The molecule has 0 spiro atoms. The second-order valence-corrected chi connectivity index (χ2v) is 6.47. The number of thiazole rings is 1. The molecule has 2 aromatic carbocycles. The molecular weight excluding hydrogens is 324 g/mol. The summed E-state index contributed by atoms with van der Waals surface area (Å²) in [6.07, 6.45) is 0. The average Bonchev–Trinajstić information content (AvgIpc) is 2.94. The molecule has 0 aliphatic heterocycles. The van der Waals surface area contributed by atoms with Gasteiger partial charge in [-0.1, -0.05) is 17.4 Å². The number of ether oxygens (including phenoxy) is 2. The predicted molar refractivity (Wildman–Crippen MR) is 96.2 cm³/mol. The zero-order valence-corrected chi connectivity index (χ0v) is 14.6. The van der Waals surface area contributed by atoms with Gasteiger partial charge in [-0.3, -0.25) is 10.1 Å². The van der Waals surface area contributed by atoms with Gasteiger partial charge in [-0.25, -0.2) is 4.98 Å². The summed E-state index contributed by atoms with van der Waals surface area (Å²) in [5, 5.41) is 3.36. The van der Waals surface area contributed by atoms with Gasteiger partial charge in [-0.05, 0) is 49.2 Å². The molecule has 0 atom stereocenters. The SMILES string of the molecule is COc1cccc(OCC(=O)Nc2nc3cc(C)c(C)cc3s2)c1. The Bertz CT molecular complexity index is 850. The Morgan fingerprint density at radius 2 is 1.92 bits per heavy atom. The van der Waals surface area contributed by atoms with E-state index in [9.17, 15) is 4.79 Å². The Morgan fingerprint density at radius 3 is 2.71 bits per heavy atom. The molecule has 1 aromatic heterocycles. The lowest BCUT2D eigenvalue weighted by atomic mass is 10.1. The zero-order chi connectivity index (χ0) is 17.1. The summed E-state index contributed by atoms with van der Waals surface area (Å²) in [4.78, 5) is 16.5. The van der Waals surface area contributed by atoms with Crippen molar-refractivity contribution >= 4 is 32.6 Å². The molecule has 5 nitrogen and oxygen atoms in total. The van der Waals surface area contributed by atoms with E-state index in [0.717, 1.165) is 10.2 Å². The molecule has 24 heavy (non-hydrogen) atoms. The number of rotatable bonds is 5. The third-order valence-corrected chi connectivity index (χ3v) is 4.59. The molecule has 3 rings (SSSR count). The monoisotopic (exact) mass is 342 g/mol. The summed E-state index contributed by atoms with van der Waals surface area (Å²) in [5.41, 5.74) is 3.30. The number of fused-ring (bicyclic) bond motifs is 1. The molecule has 0 fully saturated rings. The lowest BCUT2D eigenvalue weighted by Crippen LogP contribution is -2.19. The number of benzene rings is 2. The van der Waals surface area contributed by atoms with Gasteiger partial charge in [0.25, 0.3) is 5.91 Å². The quantitative estimate of drug-likeness (QED) is 0.763. The number of anilines is 1. The highest BCUT2D eigenvalue weighted by Gasteiger charge is 2.10. The van der Waals surface area contributed by atoms with Crippen LogP contribution in [-0.2, 0) is 4.79 Å². The fourth-order valence-electron chi connectivity index (χ4n) is 2.23. The summed E-state index contributed by atoms with van der Waals surface area (Å²) >= 11 is 1.46. The highest BCUT2D eigenvalue weighted by molar-refractivity contribution is 7.22. The van der Waals surface area contributed by atoms with Crippen molar-refractivity contribution in [2.45, 2.75) is 13.8 Å². The minimum absolute atomic E-state index is 0.0822. The summed E-state index contributed by atoms with van der Waals surface area (Å²) in [5.74, 6) is 1.02. The molecule has 0 aliphatic carbocycles. The summed E-state index contributed by atoms with van der Waals surface area (Å²) in [7, 11) is 1.59. The van der Waals surface area contributed by atoms with E-state index in [0.29, 0.717) is 16.6 Å². The number of carbonyl (C=O) groups excluding carboxylic acids is 1. The smallest absolute Gasteiger partial charge is 0.264 e. The zero-order valence-electron chi connectivity index (χ0n) is 13.8.